The van der Waals surface area contributed by atoms with Crippen molar-refractivity contribution in [3.05, 3.63) is 39.8 Å². The Morgan fingerprint density at radius 3 is 2.06 bits per heavy atom. The van der Waals surface area contributed by atoms with Crippen molar-refractivity contribution in [1.29, 1.82) is 0 Å². The summed E-state index contributed by atoms with van der Waals surface area (Å²) in [5, 5.41) is 2.91. The normalized spacial score (nSPS) is 10.9. The Morgan fingerprint density at radius 2 is 1.58 bits per heavy atom. The molecule has 2 aromatic rings. The minimum atomic E-state index is -0.710. The number of nitrogens with one attached hydrogen (secondary N) is 1. The Morgan fingerprint density at radius 1 is 1.00 bits per heavy atom. The molecule has 1 N–H and O–H groups in total. The van der Waals surface area contributed by atoms with Gasteiger partial charge in [0.05, 0.1) is 26.4 Å². The van der Waals surface area contributed by atoms with Crippen LogP contribution in [0.4, 0.5) is 5.00 Å². The molecule has 0 unspecified atom stereocenters. The third kappa shape index (κ3) is 5.97. The van der Waals surface area contributed by atoms with Gasteiger partial charge in [-0.25, -0.2) is 9.59 Å². The molecule has 1 heterocycles. The number of anilines is 1. The van der Waals surface area contributed by atoms with E-state index < -0.39 is 23.4 Å². The Hall–Kier alpha value is -3.07. The highest BCUT2D eigenvalue weighted by molar-refractivity contribution is 7.18. The summed E-state index contributed by atoms with van der Waals surface area (Å²) >= 11 is 0.962. The standard InChI is InChI=1S/C22H27NO7S/c1-8-29-20(25)16-12(2)17(21(26)30-22(3,4)5)31-19(16)23-18(24)13-9-14(27-6)11-15(10-13)28-7/h9-11H,8H2,1-7H3,(H,23,24). The molecule has 0 spiro atoms. The highest BCUT2D eigenvalue weighted by Crippen LogP contribution is 2.35. The van der Waals surface area contributed by atoms with E-state index in [1.54, 1.807) is 40.7 Å². The maximum absolute atomic E-state index is 12.9. The zero-order chi connectivity index (χ0) is 23.3. The molecule has 8 nitrogen and oxygen atoms in total. The van der Waals surface area contributed by atoms with Gasteiger partial charge in [0.25, 0.3) is 5.91 Å². The van der Waals surface area contributed by atoms with Crippen molar-refractivity contribution >= 4 is 34.2 Å². The van der Waals surface area contributed by atoms with Gasteiger partial charge < -0.3 is 24.3 Å². The van der Waals surface area contributed by atoms with E-state index in [2.05, 4.69) is 5.32 Å². The van der Waals surface area contributed by atoms with E-state index in [9.17, 15) is 14.4 Å². The summed E-state index contributed by atoms with van der Waals surface area (Å²) in [5.74, 6) is -0.841. The van der Waals surface area contributed by atoms with Crippen molar-refractivity contribution in [3.63, 3.8) is 0 Å². The molecule has 168 valence electrons. The number of ether oxygens (including phenoxy) is 4. The van der Waals surface area contributed by atoms with Crippen molar-refractivity contribution in [2.45, 2.75) is 40.2 Å². The lowest BCUT2D eigenvalue weighted by atomic mass is 10.1. The van der Waals surface area contributed by atoms with Gasteiger partial charge in [-0.1, -0.05) is 0 Å². The summed E-state index contributed by atoms with van der Waals surface area (Å²) < 4.78 is 21.0. The monoisotopic (exact) mass is 449 g/mol. The zero-order valence-electron chi connectivity index (χ0n) is 18.7. The second-order valence-corrected chi connectivity index (χ2v) is 8.56. The zero-order valence-corrected chi connectivity index (χ0v) is 19.5. The topological polar surface area (TPSA) is 100 Å². The van der Waals surface area contributed by atoms with Crippen LogP contribution in [0.3, 0.4) is 0 Å². The summed E-state index contributed by atoms with van der Waals surface area (Å²) in [5.41, 5.74) is 0.0565. The second kappa shape index (κ2) is 9.82. The van der Waals surface area contributed by atoms with Crippen molar-refractivity contribution in [1.82, 2.24) is 0 Å². The number of benzene rings is 1. The number of rotatable bonds is 7. The quantitative estimate of drug-likeness (QED) is 0.623. The Labute approximate surface area is 185 Å². The van der Waals surface area contributed by atoms with E-state index in [1.807, 2.05) is 0 Å². The lowest BCUT2D eigenvalue weighted by molar-refractivity contribution is 0.00744. The predicted octanol–water partition coefficient (Wildman–Crippen LogP) is 4.46. The molecular weight excluding hydrogens is 422 g/mol. The summed E-state index contributed by atoms with van der Waals surface area (Å²) in [4.78, 5) is 38.3. The summed E-state index contributed by atoms with van der Waals surface area (Å²) in [6, 6.07) is 4.71. The fraction of sp³-hybridized carbons (Fsp3) is 0.409. The van der Waals surface area contributed by atoms with E-state index in [4.69, 9.17) is 18.9 Å². The molecule has 0 radical (unpaired) electrons. The Balaban J connectivity index is 2.47. The second-order valence-electron chi connectivity index (χ2n) is 7.54. The highest BCUT2D eigenvalue weighted by atomic mass is 32.1. The van der Waals surface area contributed by atoms with Crippen LogP contribution >= 0.6 is 11.3 Å². The molecule has 0 aliphatic rings. The summed E-state index contributed by atoms with van der Waals surface area (Å²) in [7, 11) is 2.95. The Kier molecular flexibility index (Phi) is 7.67. The van der Waals surface area contributed by atoms with Gasteiger partial charge in [0, 0.05) is 11.6 Å². The molecule has 0 fully saturated rings. The van der Waals surface area contributed by atoms with Gasteiger partial charge in [-0.2, -0.15) is 0 Å². The average Bonchev–Trinajstić information content (AvgIpc) is 3.02. The molecule has 1 amide bonds. The number of hydrogen-bond acceptors (Lipinski definition) is 8. The van der Waals surface area contributed by atoms with Crippen molar-refractivity contribution in [2.24, 2.45) is 0 Å². The smallest absolute Gasteiger partial charge is 0.349 e. The number of thiophene rings is 1. The van der Waals surface area contributed by atoms with Crippen LogP contribution in [0.5, 0.6) is 11.5 Å². The van der Waals surface area contributed by atoms with Crippen LogP contribution in [0.2, 0.25) is 0 Å². The van der Waals surface area contributed by atoms with Crippen LogP contribution in [0.1, 0.15) is 63.6 Å². The first-order chi connectivity index (χ1) is 14.5. The molecule has 0 aliphatic heterocycles. The Bertz CT molecular complexity index is 966. The summed E-state index contributed by atoms with van der Waals surface area (Å²) in [6.45, 7) is 8.69. The van der Waals surface area contributed by atoms with Gasteiger partial charge in [0.15, 0.2) is 0 Å². The molecule has 1 aromatic carbocycles. The first-order valence-corrected chi connectivity index (χ1v) is 10.4. The van der Waals surface area contributed by atoms with E-state index in [0.717, 1.165) is 11.3 Å². The molecule has 0 bridgehead atoms. The van der Waals surface area contributed by atoms with Crippen LogP contribution in [-0.4, -0.2) is 44.3 Å². The maximum atomic E-state index is 12.9. The third-order valence-electron chi connectivity index (χ3n) is 4.05. The van der Waals surface area contributed by atoms with Crippen LogP contribution < -0.4 is 14.8 Å². The predicted molar refractivity (Wildman–Crippen MR) is 118 cm³/mol. The van der Waals surface area contributed by atoms with Crippen molar-refractivity contribution in [2.75, 3.05) is 26.1 Å². The third-order valence-corrected chi connectivity index (χ3v) is 5.24. The molecule has 0 saturated heterocycles. The molecule has 0 saturated carbocycles. The van der Waals surface area contributed by atoms with Gasteiger partial charge in [-0.3, -0.25) is 4.79 Å². The molecule has 9 heteroatoms. The first-order valence-electron chi connectivity index (χ1n) is 9.59. The number of methoxy groups -OCH3 is 2. The van der Waals surface area contributed by atoms with E-state index in [-0.39, 0.29) is 27.6 Å². The number of carbonyl (C=O) groups is 3. The minimum absolute atomic E-state index is 0.121. The van der Waals surface area contributed by atoms with Crippen LogP contribution in [0, 0.1) is 6.92 Å². The van der Waals surface area contributed by atoms with E-state index in [1.165, 1.54) is 26.4 Å². The van der Waals surface area contributed by atoms with Gasteiger partial charge in [-0.15, -0.1) is 11.3 Å². The lowest BCUT2D eigenvalue weighted by Gasteiger charge is -2.19. The van der Waals surface area contributed by atoms with Crippen LogP contribution in [0.25, 0.3) is 0 Å². The van der Waals surface area contributed by atoms with Gasteiger partial charge in [0.2, 0.25) is 0 Å². The number of carbonyl (C=O) groups excluding carboxylic acids is 3. The number of esters is 2. The molecule has 1 aromatic heterocycles. The SMILES string of the molecule is CCOC(=O)c1c(NC(=O)c2cc(OC)cc(OC)c2)sc(C(=O)OC(C)(C)C)c1C. The molecular formula is C22H27NO7S. The fourth-order valence-corrected chi connectivity index (χ4v) is 3.75. The number of hydrogen-bond donors (Lipinski definition) is 1. The molecule has 0 aliphatic carbocycles. The minimum Gasteiger partial charge on any atom is -0.497 e. The van der Waals surface area contributed by atoms with E-state index in [0.29, 0.717) is 17.1 Å². The largest absolute Gasteiger partial charge is 0.497 e. The fourth-order valence-electron chi connectivity index (χ4n) is 2.68. The summed E-state index contributed by atoms with van der Waals surface area (Å²) in [6.07, 6.45) is 0. The van der Waals surface area contributed by atoms with Crippen LogP contribution in [-0.2, 0) is 9.47 Å². The molecule has 0 atom stereocenters. The highest BCUT2D eigenvalue weighted by Gasteiger charge is 2.29. The molecule has 31 heavy (non-hydrogen) atoms. The van der Waals surface area contributed by atoms with Gasteiger partial charge >= 0.3 is 11.9 Å². The first kappa shape index (κ1) is 24.2. The van der Waals surface area contributed by atoms with Crippen molar-refractivity contribution < 1.29 is 33.3 Å². The van der Waals surface area contributed by atoms with Crippen LogP contribution in [0.15, 0.2) is 18.2 Å². The number of amides is 1. The lowest BCUT2D eigenvalue weighted by Crippen LogP contribution is -2.23. The van der Waals surface area contributed by atoms with Gasteiger partial charge in [-0.05, 0) is 52.3 Å². The van der Waals surface area contributed by atoms with Crippen molar-refractivity contribution in [3.8, 4) is 11.5 Å². The maximum Gasteiger partial charge on any atom is 0.349 e. The van der Waals surface area contributed by atoms with E-state index >= 15 is 0 Å². The molecule has 2 rings (SSSR count). The van der Waals surface area contributed by atoms with Gasteiger partial charge in [0.1, 0.15) is 27.0 Å². The average molecular weight is 450 g/mol.